The first-order valence-electron chi connectivity index (χ1n) is 3.99. The van der Waals surface area contributed by atoms with Crippen LogP contribution in [0.1, 0.15) is 26.7 Å². The van der Waals surface area contributed by atoms with Gasteiger partial charge in [-0.3, -0.25) is 4.79 Å². The molecule has 0 saturated carbocycles. The van der Waals surface area contributed by atoms with Gasteiger partial charge in [0.15, 0.2) is 5.78 Å². The third-order valence-electron chi connectivity index (χ3n) is 1.97. The Kier molecular flexibility index (Phi) is 2.44. The molecule has 0 aromatic heterocycles. The topological polar surface area (TPSA) is 29.1 Å². The van der Waals surface area contributed by atoms with Crippen LogP contribution in [0.3, 0.4) is 0 Å². The predicted molar refractivity (Wildman–Crippen MR) is 40.9 cm³/mol. The standard InChI is InChI=1S/C8H15NO/c1-6(2)8(10)7-4-3-5-9-7/h6-7,9H,3-5H2,1-2H3. The summed E-state index contributed by atoms with van der Waals surface area (Å²) >= 11 is 0. The summed E-state index contributed by atoms with van der Waals surface area (Å²) in [6, 6.07) is 0.167. The van der Waals surface area contributed by atoms with Crippen molar-refractivity contribution in [1.82, 2.24) is 5.32 Å². The van der Waals surface area contributed by atoms with Gasteiger partial charge in [0.2, 0.25) is 0 Å². The molecule has 0 bridgehead atoms. The molecule has 0 amide bonds. The average molecular weight is 141 g/mol. The van der Waals surface area contributed by atoms with E-state index < -0.39 is 0 Å². The zero-order valence-corrected chi connectivity index (χ0v) is 6.68. The van der Waals surface area contributed by atoms with Gasteiger partial charge < -0.3 is 5.32 Å². The molecule has 2 heteroatoms. The van der Waals surface area contributed by atoms with Crippen molar-refractivity contribution in [2.24, 2.45) is 5.92 Å². The molecular formula is C8H15NO. The zero-order chi connectivity index (χ0) is 7.56. The van der Waals surface area contributed by atoms with E-state index in [9.17, 15) is 4.79 Å². The quantitative estimate of drug-likeness (QED) is 0.620. The van der Waals surface area contributed by atoms with Crippen molar-refractivity contribution in [2.75, 3.05) is 6.54 Å². The van der Waals surface area contributed by atoms with Gasteiger partial charge in [-0.2, -0.15) is 0 Å². The van der Waals surface area contributed by atoms with Gasteiger partial charge in [-0.05, 0) is 19.4 Å². The first kappa shape index (κ1) is 7.73. The van der Waals surface area contributed by atoms with Crippen LogP contribution in [0.2, 0.25) is 0 Å². The molecule has 1 heterocycles. The van der Waals surface area contributed by atoms with E-state index in [2.05, 4.69) is 5.32 Å². The highest BCUT2D eigenvalue weighted by atomic mass is 16.1. The lowest BCUT2D eigenvalue weighted by molar-refractivity contribution is -0.123. The molecule has 1 unspecified atom stereocenters. The molecule has 1 aliphatic heterocycles. The van der Waals surface area contributed by atoms with Gasteiger partial charge in [0, 0.05) is 5.92 Å². The molecule has 2 nitrogen and oxygen atoms in total. The van der Waals surface area contributed by atoms with Gasteiger partial charge in [0.1, 0.15) is 0 Å². The SMILES string of the molecule is CC(C)C(=O)C1CCCN1. The Labute approximate surface area is 62.0 Å². The second-order valence-corrected chi connectivity index (χ2v) is 3.21. The van der Waals surface area contributed by atoms with Gasteiger partial charge in [0.05, 0.1) is 6.04 Å². The van der Waals surface area contributed by atoms with Gasteiger partial charge in [-0.25, -0.2) is 0 Å². The van der Waals surface area contributed by atoms with E-state index in [0.717, 1.165) is 19.4 Å². The molecule has 0 aromatic carbocycles. The van der Waals surface area contributed by atoms with Crippen LogP contribution in [-0.2, 0) is 4.79 Å². The Bertz CT molecular complexity index is 125. The third kappa shape index (κ3) is 1.57. The van der Waals surface area contributed by atoms with E-state index in [1.807, 2.05) is 13.8 Å². The number of hydrogen-bond acceptors (Lipinski definition) is 2. The lowest BCUT2D eigenvalue weighted by Gasteiger charge is -2.10. The molecule has 1 rings (SSSR count). The largest absolute Gasteiger partial charge is 0.307 e. The second-order valence-electron chi connectivity index (χ2n) is 3.21. The van der Waals surface area contributed by atoms with E-state index in [0.29, 0.717) is 5.78 Å². The average Bonchev–Trinajstić information content (AvgIpc) is 2.36. The maximum atomic E-state index is 11.3. The Balaban J connectivity index is 2.40. The van der Waals surface area contributed by atoms with E-state index >= 15 is 0 Å². The molecule has 0 spiro atoms. The molecule has 0 aromatic rings. The summed E-state index contributed by atoms with van der Waals surface area (Å²) in [6.07, 6.45) is 2.19. The smallest absolute Gasteiger partial charge is 0.152 e. The summed E-state index contributed by atoms with van der Waals surface area (Å²) in [6.45, 7) is 4.94. The molecule has 10 heavy (non-hydrogen) atoms. The van der Waals surface area contributed by atoms with E-state index in [1.54, 1.807) is 0 Å². The summed E-state index contributed by atoms with van der Waals surface area (Å²) in [4.78, 5) is 11.3. The third-order valence-corrected chi connectivity index (χ3v) is 1.97. The van der Waals surface area contributed by atoms with Crippen LogP contribution in [0.5, 0.6) is 0 Å². The fraction of sp³-hybridized carbons (Fsp3) is 0.875. The van der Waals surface area contributed by atoms with Crippen molar-refractivity contribution in [2.45, 2.75) is 32.7 Å². The molecule has 1 atom stereocenters. The zero-order valence-electron chi connectivity index (χ0n) is 6.68. The molecular weight excluding hydrogens is 126 g/mol. The summed E-state index contributed by atoms with van der Waals surface area (Å²) in [5, 5.41) is 3.19. The fourth-order valence-electron chi connectivity index (χ4n) is 1.33. The monoisotopic (exact) mass is 141 g/mol. The summed E-state index contributed by atoms with van der Waals surface area (Å²) in [5.74, 6) is 0.563. The first-order chi connectivity index (χ1) is 4.72. The predicted octanol–water partition coefficient (Wildman–Crippen LogP) is 0.964. The van der Waals surface area contributed by atoms with Crippen LogP contribution in [0, 0.1) is 5.92 Å². The number of rotatable bonds is 2. The molecule has 1 N–H and O–H groups in total. The van der Waals surface area contributed by atoms with Crippen molar-refractivity contribution in [1.29, 1.82) is 0 Å². The minimum absolute atomic E-state index is 0.167. The number of ketones is 1. The maximum absolute atomic E-state index is 11.3. The van der Waals surface area contributed by atoms with Crippen LogP contribution in [-0.4, -0.2) is 18.4 Å². The highest BCUT2D eigenvalue weighted by molar-refractivity contribution is 5.85. The Morgan fingerprint density at radius 1 is 1.60 bits per heavy atom. The van der Waals surface area contributed by atoms with E-state index in [1.165, 1.54) is 0 Å². The van der Waals surface area contributed by atoms with Crippen LogP contribution in [0.25, 0.3) is 0 Å². The van der Waals surface area contributed by atoms with Gasteiger partial charge >= 0.3 is 0 Å². The maximum Gasteiger partial charge on any atom is 0.152 e. The Morgan fingerprint density at radius 3 is 2.70 bits per heavy atom. The van der Waals surface area contributed by atoms with Gasteiger partial charge in [-0.1, -0.05) is 13.8 Å². The molecule has 0 aliphatic carbocycles. The lowest BCUT2D eigenvalue weighted by Crippen LogP contribution is -2.33. The van der Waals surface area contributed by atoms with Crippen molar-refractivity contribution >= 4 is 5.78 Å². The van der Waals surface area contributed by atoms with Gasteiger partial charge in [0.25, 0.3) is 0 Å². The molecule has 1 saturated heterocycles. The van der Waals surface area contributed by atoms with Crippen LogP contribution in [0.15, 0.2) is 0 Å². The number of carbonyl (C=O) groups excluding carboxylic acids is 1. The number of carbonyl (C=O) groups is 1. The lowest BCUT2D eigenvalue weighted by atomic mass is 10.0. The minimum atomic E-state index is 0.167. The summed E-state index contributed by atoms with van der Waals surface area (Å²) in [5.41, 5.74) is 0. The van der Waals surface area contributed by atoms with Crippen molar-refractivity contribution < 1.29 is 4.79 Å². The summed E-state index contributed by atoms with van der Waals surface area (Å²) in [7, 11) is 0. The van der Waals surface area contributed by atoms with Crippen molar-refractivity contribution in [3.63, 3.8) is 0 Å². The second kappa shape index (κ2) is 3.15. The van der Waals surface area contributed by atoms with Crippen LogP contribution >= 0.6 is 0 Å². The van der Waals surface area contributed by atoms with Crippen LogP contribution in [0.4, 0.5) is 0 Å². The normalized spacial score (nSPS) is 25.7. The minimum Gasteiger partial charge on any atom is -0.307 e. The van der Waals surface area contributed by atoms with Gasteiger partial charge in [-0.15, -0.1) is 0 Å². The van der Waals surface area contributed by atoms with Crippen molar-refractivity contribution in [3.8, 4) is 0 Å². The molecule has 58 valence electrons. The Morgan fingerprint density at radius 2 is 2.30 bits per heavy atom. The molecule has 1 fully saturated rings. The highest BCUT2D eigenvalue weighted by Gasteiger charge is 2.23. The molecule has 1 aliphatic rings. The first-order valence-corrected chi connectivity index (χ1v) is 3.99. The number of hydrogen-bond donors (Lipinski definition) is 1. The fourth-order valence-corrected chi connectivity index (χ4v) is 1.33. The van der Waals surface area contributed by atoms with Crippen LogP contribution < -0.4 is 5.32 Å². The molecule has 0 radical (unpaired) electrons. The van der Waals surface area contributed by atoms with E-state index in [4.69, 9.17) is 0 Å². The number of nitrogens with one attached hydrogen (secondary N) is 1. The highest BCUT2D eigenvalue weighted by Crippen LogP contribution is 2.10. The number of Topliss-reactive ketones (excluding diaryl/α,β-unsaturated/α-hetero) is 1. The Hall–Kier alpha value is -0.370. The van der Waals surface area contributed by atoms with Crippen molar-refractivity contribution in [3.05, 3.63) is 0 Å². The summed E-state index contributed by atoms with van der Waals surface area (Å²) < 4.78 is 0. The van der Waals surface area contributed by atoms with E-state index in [-0.39, 0.29) is 12.0 Å².